The topological polar surface area (TPSA) is 0 Å². The van der Waals surface area contributed by atoms with Gasteiger partial charge in [-0.3, -0.25) is 0 Å². The summed E-state index contributed by atoms with van der Waals surface area (Å²) in [5, 5.41) is 0. The number of hydrogen-bond donors (Lipinski definition) is 0. The van der Waals surface area contributed by atoms with E-state index in [4.69, 9.17) is 0 Å². The maximum atomic E-state index is 4.06. The lowest BCUT2D eigenvalue weighted by Gasteiger charge is -2.13. The standard InChI is InChI=1S/C11H20/c1-5-10-6-9(4)11(7-10)8(2)3/h9-11H,2,5-7H2,1,3-4H3. The Kier molecular flexibility index (Phi) is 2.75. The highest BCUT2D eigenvalue weighted by Crippen LogP contribution is 2.40. The Balaban J connectivity index is 2.51. The molecule has 0 radical (unpaired) electrons. The van der Waals surface area contributed by atoms with E-state index in [-0.39, 0.29) is 0 Å². The quantitative estimate of drug-likeness (QED) is 0.530. The predicted molar refractivity (Wildman–Crippen MR) is 50.5 cm³/mol. The molecule has 3 atom stereocenters. The molecule has 0 heteroatoms. The van der Waals surface area contributed by atoms with Gasteiger partial charge >= 0.3 is 0 Å². The Morgan fingerprint density at radius 1 is 1.45 bits per heavy atom. The van der Waals surface area contributed by atoms with Gasteiger partial charge in [0.05, 0.1) is 0 Å². The van der Waals surface area contributed by atoms with Crippen LogP contribution in [0, 0.1) is 17.8 Å². The zero-order valence-corrected chi connectivity index (χ0v) is 8.06. The molecule has 0 aromatic rings. The number of rotatable bonds is 2. The summed E-state index contributed by atoms with van der Waals surface area (Å²) in [4.78, 5) is 0. The Bertz CT molecular complexity index is 146. The predicted octanol–water partition coefficient (Wildman–Crippen LogP) is 3.63. The Labute approximate surface area is 70.7 Å². The maximum absolute atomic E-state index is 4.06. The normalized spacial score (nSPS) is 37.5. The molecule has 0 aliphatic heterocycles. The van der Waals surface area contributed by atoms with Gasteiger partial charge in [-0.15, -0.1) is 0 Å². The minimum Gasteiger partial charge on any atom is -0.0999 e. The van der Waals surface area contributed by atoms with E-state index in [0.717, 1.165) is 17.8 Å². The first-order valence-electron chi connectivity index (χ1n) is 4.80. The van der Waals surface area contributed by atoms with Gasteiger partial charge in [0.15, 0.2) is 0 Å². The van der Waals surface area contributed by atoms with Crippen molar-refractivity contribution in [1.29, 1.82) is 0 Å². The lowest BCUT2D eigenvalue weighted by Crippen LogP contribution is -2.03. The second kappa shape index (κ2) is 3.42. The first-order chi connectivity index (χ1) is 5.15. The van der Waals surface area contributed by atoms with Crippen molar-refractivity contribution in [3.63, 3.8) is 0 Å². The lowest BCUT2D eigenvalue weighted by atomic mass is 9.92. The van der Waals surface area contributed by atoms with Gasteiger partial charge in [0.25, 0.3) is 0 Å². The van der Waals surface area contributed by atoms with Crippen molar-refractivity contribution in [2.75, 3.05) is 0 Å². The Morgan fingerprint density at radius 2 is 2.09 bits per heavy atom. The van der Waals surface area contributed by atoms with Gasteiger partial charge in [-0.2, -0.15) is 0 Å². The third-order valence-electron chi connectivity index (χ3n) is 3.19. The fraction of sp³-hybridized carbons (Fsp3) is 0.818. The van der Waals surface area contributed by atoms with Gasteiger partial charge < -0.3 is 0 Å². The van der Waals surface area contributed by atoms with Crippen molar-refractivity contribution in [2.45, 2.75) is 40.0 Å². The van der Waals surface area contributed by atoms with Gasteiger partial charge in [-0.25, -0.2) is 0 Å². The van der Waals surface area contributed by atoms with E-state index in [2.05, 4.69) is 27.4 Å². The van der Waals surface area contributed by atoms with Crippen molar-refractivity contribution in [2.24, 2.45) is 17.8 Å². The van der Waals surface area contributed by atoms with Crippen LogP contribution in [0.3, 0.4) is 0 Å². The molecule has 0 amide bonds. The number of hydrogen-bond acceptors (Lipinski definition) is 0. The largest absolute Gasteiger partial charge is 0.0999 e. The zero-order valence-electron chi connectivity index (χ0n) is 8.06. The molecule has 0 N–H and O–H groups in total. The summed E-state index contributed by atoms with van der Waals surface area (Å²) in [5.41, 5.74) is 1.40. The molecule has 3 unspecified atom stereocenters. The van der Waals surface area contributed by atoms with Crippen LogP contribution in [0.1, 0.15) is 40.0 Å². The highest BCUT2D eigenvalue weighted by molar-refractivity contribution is 5.02. The van der Waals surface area contributed by atoms with Crippen molar-refractivity contribution in [3.8, 4) is 0 Å². The summed E-state index contributed by atoms with van der Waals surface area (Å²) >= 11 is 0. The molecule has 0 nitrogen and oxygen atoms in total. The van der Waals surface area contributed by atoms with Crippen LogP contribution in [0.5, 0.6) is 0 Å². The smallest absolute Gasteiger partial charge is 0.0180 e. The van der Waals surface area contributed by atoms with E-state index in [1.165, 1.54) is 24.8 Å². The minimum absolute atomic E-state index is 0.819. The third kappa shape index (κ3) is 1.85. The van der Waals surface area contributed by atoms with E-state index < -0.39 is 0 Å². The molecule has 64 valence electrons. The summed E-state index contributed by atoms with van der Waals surface area (Å²) in [5.74, 6) is 2.68. The van der Waals surface area contributed by atoms with E-state index in [1.807, 2.05) is 0 Å². The lowest BCUT2D eigenvalue weighted by molar-refractivity contribution is 0.480. The van der Waals surface area contributed by atoms with Crippen molar-refractivity contribution >= 4 is 0 Å². The molecule has 0 saturated heterocycles. The van der Waals surface area contributed by atoms with E-state index >= 15 is 0 Å². The molecule has 1 rings (SSSR count). The third-order valence-corrected chi connectivity index (χ3v) is 3.19. The molecular weight excluding hydrogens is 132 g/mol. The second-order valence-corrected chi connectivity index (χ2v) is 4.18. The van der Waals surface area contributed by atoms with E-state index in [1.54, 1.807) is 0 Å². The van der Waals surface area contributed by atoms with Crippen LogP contribution < -0.4 is 0 Å². The van der Waals surface area contributed by atoms with Crippen LogP contribution in [0.25, 0.3) is 0 Å². The second-order valence-electron chi connectivity index (χ2n) is 4.18. The van der Waals surface area contributed by atoms with Gasteiger partial charge in [0, 0.05) is 0 Å². The van der Waals surface area contributed by atoms with E-state index in [0.29, 0.717) is 0 Å². The molecule has 0 aromatic heterocycles. The van der Waals surface area contributed by atoms with Crippen LogP contribution in [0.2, 0.25) is 0 Å². The number of allylic oxidation sites excluding steroid dienone is 1. The van der Waals surface area contributed by atoms with Gasteiger partial charge in [0.1, 0.15) is 0 Å². The molecule has 0 aromatic carbocycles. The monoisotopic (exact) mass is 152 g/mol. The van der Waals surface area contributed by atoms with Crippen molar-refractivity contribution in [1.82, 2.24) is 0 Å². The zero-order chi connectivity index (χ0) is 8.43. The Hall–Kier alpha value is -0.260. The van der Waals surface area contributed by atoms with Crippen molar-refractivity contribution in [3.05, 3.63) is 12.2 Å². The minimum atomic E-state index is 0.819. The van der Waals surface area contributed by atoms with Crippen LogP contribution in [0.15, 0.2) is 12.2 Å². The maximum Gasteiger partial charge on any atom is -0.0180 e. The van der Waals surface area contributed by atoms with Crippen LogP contribution in [-0.4, -0.2) is 0 Å². The van der Waals surface area contributed by atoms with Crippen LogP contribution in [-0.2, 0) is 0 Å². The molecule has 1 fully saturated rings. The summed E-state index contributed by atoms with van der Waals surface area (Å²) < 4.78 is 0. The Morgan fingerprint density at radius 3 is 2.36 bits per heavy atom. The first-order valence-corrected chi connectivity index (χ1v) is 4.80. The SMILES string of the molecule is C=C(C)C1CC(CC)CC1C. The van der Waals surface area contributed by atoms with Gasteiger partial charge in [0.2, 0.25) is 0 Å². The molecule has 0 heterocycles. The summed E-state index contributed by atoms with van der Waals surface area (Å²) in [6, 6.07) is 0. The average molecular weight is 152 g/mol. The highest BCUT2D eigenvalue weighted by Gasteiger charge is 2.30. The fourth-order valence-electron chi connectivity index (χ4n) is 2.40. The average Bonchev–Trinajstić information content (AvgIpc) is 2.30. The fourth-order valence-corrected chi connectivity index (χ4v) is 2.40. The van der Waals surface area contributed by atoms with E-state index in [9.17, 15) is 0 Å². The van der Waals surface area contributed by atoms with Crippen molar-refractivity contribution < 1.29 is 0 Å². The molecule has 1 aliphatic rings. The molecule has 0 spiro atoms. The molecule has 0 bridgehead atoms. The first kappa shape index (κ1) is 8.83. The highest BCUT2D eigenvalue weighted by atomic mass is 14.3. The molecular formula is C11H20. The summed E-state index contributed by atoms with van der Waals surface area (Å²) in [6.45, 7) is 10.9. The molecule has 11 heavy (non-hydrogen) atoms. The summed E-state index contributed by atoms with van der Waals surface area (Å²) in [6.07, 6.45) is 4.18. The molecule has 1 saturated carbocycles. The molecule has 1 aliphatic carbocycles. The van der Waals surface area contributed by atoms with Crippen LogP contribution in [0.4, 0.5) is 0 Å². The van der Waals surface area contributed by atoms with Gasteiger partial charge in [-0.1, -0.05) is 32.4 Å². The van der Waals surface area contributed by atoms with Gasteiger partial charge in [-0.05, 0) is 37.5 Å². The van der Waals surface area contributed by atoms with Crippen LogP contribution >= 0.6 is 0 Å². The summed E-state index contributed by atoms with van der Waals surface area (Å²) in [7, 11) is 0.